The highest BCUT2D eigenvalue weighted by Gasteiger charge is 2.21. The highest BCUT2D eigenvalue weighted by molar-refractivity contribution is 7.98. The van der Waals surface area contributed by atoms with Gasteiger partial charge in [0, 0.05) is 38.6 Å². The maximum absolute atomic E-state index is 13.0. The third-order valence-corrected chi connectivity index (χ3v) is 7.02. The number of amides is 1. The van der Waals surface area contributed by atoms with Gasteiger partial charge in [0.1, 0.15) is 5.58 Å². The van der Waals surface area contributed by atoms with E-state index < -0.39 is 15.7 Å². The first-order valence-corrected chi connectivity index (χ1v) is 12.6. The van der Waals surface area contributed by atoms with Gasteiger partial charge in [0.15, 0.2) is 15.6 Å². The Morgan fingerprint density at radius 3 is 2.52 bits per heavy atom. The molecule has 5 nitrogen and oxygen atoms in total. The maximum atomic E-state index is 13.0. The van der Waals surface area contributed by atoms with E-state index in [1.165, 1.54) is 12.1 Å². The first kappa shape index (κ1) is 21.5. The molecule has 1 amide bonds. The third kappa shape index (κ3) is 4.95. The van der Waals surface area contributed by atoms with Gasteiger partial charge in [-0.3, -0.25) is 4.79 Å². The molecule has 0 bridgehead atoms. The monoisotopic (exact) mass is 471 g/mol. The van der Waals surface area contributed by atoms with Crippen LogP contribution in [0.15, 0.2) is 87.0 Å². The Kier molecular flexibility index (Phi) is 6.09. The molecule has 3 aromatic carbocycles. The molecule has 4 rings (SSSR count). The summed E-state index contributed by atoms with van der Waals surface area (Å²) in [6, 6.07) is 21.1. The molecule has 0 atom stereocenters. The highest BCUT2D eigenvalue weighted by Crippen LogP contribution is 2.33. The normalized spacial score (nSPS) is 11.5. The predicted molar refractivity (Wildman–Crippen MR) is 125 cm³/mol. The summed E-state index contributed by atoms with van der Waals surface area (Å²) in [7, 11) is -3.38. The van der Waals surface area contributed by atoms with Crippen LogP contribution in [0.5, 0.6) is 0 Å². The van der Waals surface area contributed by atoms with E-state index >= 15 is 0 Å². The van der Waals surface area contributed by atoms with E-state index in [0.29, 0.717) is 22.0 Å². The number of carbonyl (C=O) groups is 1. The number of furan rings is 1. The number of nitrogens with one attached hydrogen (secondary N) is 1. The van der Waals surface area contributed by atoms with Crippen LogP contribution in [0, 0.1) is 0 Å². The topological polar surface area (TPSA) is 76.4 Å². The van der Waals surface area contributed by atoms with E-state index in [1.807, 2.05) is 48.5 Å². The SMILES string of the molecule is CS(=O)(=O)c1cccc(NC(=O)c2oc3ccccc3c2CSc2ccc(Cl)cc2)c1. The zero-order chi connectivity index (χ0) is 22.0. The minimum absolute atomic E-state index is 0.133. The molecule has 4 aromatic rings. The van der Waals surface area contributed by atoms with Gasteiger partial charge in [-0.25, -0.2) is 8.42 Å². The molecule has 31 heavy (non-hydrogen) atoms. The fourth-order valence-electron chi connectivity index (χ4n) is 3.10. The van der Waals surface area contributed by atoms with Crippen LogP contribution in [0.3, 0.4) is 0 Å². The minimum Gasteiger partial charge on any atom is -0.451 e. The van der Waals surface area contributed by atoms with Crippen molar-refractivity contribution in [2.45, 2.75) is 15.5 Å². The summed E-state index contributed by atoms with van der Waals surface area (Å²) in [6.45, 7) is 0. The van der Waals surface area contributed by atoms with Crippen LogP contribution in [-0.2, 0) is 15.6 Å². The van der Waals surface area contributed by atoms with Crippen LogP contribution in [0.1, 0.15) is 16.1 Å². The lowest BCUT2D eigenvalue weighted by Crippen LogP contribution is -2.13. The summed E-state index contributed by atoms with van der Waals surface area (Å²) < 4.78 is 29.5. The average Bonchev–Trinajstić information content (AvgIpc) is 3.12. The average molecular weight is 472 g/mol. The Bertz CT molecular complexity index is 1360. The number of fused-ring (bicyclic) bond motifs is 1. The molecule has 0 aliphatic heterocycles. The second kappa shape index (κ2) is 8.78. The standard InChI is InChI=1S/C23H18ClNO4S2/c1-31(27,28)18-6-4-5-16(13-18)25-23(26)22-20(19-7-2-3-8-21(19)29-22)14-30-17-11-9-15(24)10-12-17/h2-13H,14H2,1H3,(H,25,26). The molecule has 0 radical (unpaired) electrons. The Balaban J connectivity index is 1.64. The predicted octanol–water partition coefficient (Wildman–Crippen LogP) is 6.03. The number of rotatable bonds is 6. The van der Waals surface area contributed by atoms with Crippen molar-refractivity contribution in [1.82, 2.24) is 0 Å². The molecule has 0 aliphatic rings. The first-order chi connectivity index (χ1) is 14.8. The Morgan fingerprint density at radius 1 is 1.03 bits per heavy atom. The fourth-order valence-corrected chi connectivity index (χ4v) is 4.82. The van der Waals surface area contributed by atoms with Crippen molar-refractivity contribution in [1.29, 1.82) is 0 Å². The summed E-state index contributed by atoms with van der Waals surface area (Å²) in [5.41, 5.74) is 1.77. The van der Waals surface area contributed by atoms with Crippen LogP contribution in [0.4, 0.5) is 5.69 Å². The van der Waals surface area contributed by atoms with Gasteiger partial charge < -0.3 is 9.73 Å². The van der Waals surface area contributed by atoms with Gasteiger partial charge in [-0.15, -0.1) is 11.8 Å². The van der Waals surface area contributed by atoms with Gasteiger partial charge >= 0.3 is 0 Å². The molecule has 0 unspecified atom stereocenters. The number of para-hydroxylation sites is 1. The van der Waals surface area contributed by atoms with Gasteiger partial charge in [-0.2, -0.15) is 0 Å². The van der Waals surface area contributed by atoms with E-state index in [4.69, 9.17) is 16.0 Å². The van der Waals surface area contributed by atoms with Gasteiger partial charge in [0.25, 0.3) is 5.91 Å². The number of halogens is 1. The lowest BCUT2D eigenvalue weighted by molar-refractivity contribution is 0.0997. The molecule has 0 spiro atoms. The number of anilines is 1. The molecule has 158 valence electrons. The van der Waals surface area contributed by atoms with Crippen molar-refractivity contribution in [2.75, 3.05) is 11.6 Å². The Labute approximate surface area is 189 Å². The fraction of sp³-hybridized carbons (Fsp3) is 0.0870. The zero-order valence-corrected chi connectivity index (χ0v) is 18.9. The smallest absolute Gasteiger partial charge is 0.291 e. The van der Waals surface area contributed by atoms with E-state index in [1.54, 1.807) is 23.9 Å². The molecule has 0 saturated heterocycles. The van der Waals surface area contributed by atoms with Crippen molar-refractivity contribution < 1.29 is 17.6 Å². The molecular weight excluding hydrogens is 454 g/mol. The molecule has 0 saturated carbocycles. The Morgan fingerprint density at radius 2 is 1.77 bits per heavy atom. The van der Waals surface area contributed by atoms with Crippen molar-refractivity contribution in [2.24, 2.45) is 0 Å². The van der Waals surface area contributed by atoms with Crippen LogP contribution in [0.25, 0.3) is 11.0 Å². The summed E-state index contributed by atoms with van der Waals surface area (Å²) in [6.07, 6.45) is 1.12. The van der Waals surface area contributed by atoms with Crippen LogP contribution in [0.2, 0.25) is 5.02 Å². The van der Waals surface area contributed by atoms with E-state index in [2.05, 4.69) is 5.32 Å². The van der Waals surface area contributed by atoms with Crippen molar-refractivity contribution >= 4 is 55.8 Å². The molecule has 1 heterocycles. The molecule has 1 aromatic heterocycles. The van der Waals surface area contributed by atoms with Gasteiger partial charge in [-0.1, -0.05) is 35.9 Å². The number of sulfone groups is 1. The first-order valence-electron chi connectivity index (χ1n) is 9.31. The van der Waals surface area contributed by atoms with Crippen molar-refractivity contribution in [3.63, 3.8) is 0 Å². The van der Waals surface area contributed by atoms with Crippen LogP contribution in [-0.4, -0.2) is 20.6 Å². The zero-order valence-electron chi connectivity index (χ0n) is 16.5. The van der Waals surface area contributed by atoms with E-state index in [-0.39, 0.29) is 10.7 Å². The molecule has 0 aliphatic carbocycles. The largest absolute Gasteiger partial charge is 0.451 e. The van der Waals surface area contributed by atoms with Crippen molar-refractivity contribution in [3.8, 4) is 0 Å². The lowest BCUT2D eigenvalue weighted by atomic mass is 10.1. The number of thioether (sulfide) groups is 1. The number of hydrogen-bond donors (Lipinski definition) is 1. The van der Waals surface area contributed by atoms with Gasteiger partial charge in [0.05, 0.1) is 4.90 Å². The highest BCUT2D eigenvalue weighted by atomic mass is 35.5. The number of hydrogen-bond acceptors (Lipinski definition) is 5. The summed E-state index contributed by atoms with van der Waals surface area (Å²) in [5, 5.41) is 4.28. The number of carbonyl (C=O) groups excluding carboxylic acids is 1. The maximum Gasteiger partial charge on any atom is 0.291 e. The summed E-state index contributed by atoms with van der Waals surface area (Å²) in [5.74, 6) is 0.283. The van der Waals surface area contributed by atoms with E-state index in [0.717, 1.165) is 22.1 Å². The number of benzene rings is 3. The van der Waals surface area contributed by atoms with Crippen LogP contribution >= 0.6 is 23.4 Å². The quantitative estimate of drug-likeness (QED) is 0.347. The third-order valence-electron chi connectivity index (χ3n) is 4.62. The molecule has 8 heteroatoms. The van der Waals surface area contributed by atoms with Crippen molar-refractivity contribution in [3.05, 3.63) is 89.1 Å². The lowest BCUT2D eigenvalue weighted by Gasteiger charge is -2.07. The second-order valence-corrected chi connectivity index (χ2v) is 10.4. The summed E-state index contributed by atoms with van der Waals surface area (Å²) in [4.78, 5) is 14.2. The summed E-state index contributed by atoms with van der Waals surface area (Å²) >= 11 is 7.53. The molecule has 0 fully saturated rings. The van der Waals surface area contributed by atoms with E-state index in [9.17, 15) is 13.2 Å². The second-order valence-electron chi connectivity index (χ2n) is 6.90. The van der Waals surface area contributed by atoms with Gasteiger partial charge in [0.2, 0.25) is 0 Å². The van der Waals surface area contributed by atoms with Gasteiger partial charge in [-0.05, 0) is 48.5 Å². The minimum atomic E-state index is -3.38. The Hall–Kier alpha value is -2.74. The molecular formula is C23H18ClNO4S2. The molecule has 1 N–H and O–H groups in total. The van der Waals surface area contributed by atoms with Crippen LogP contribution < -0.4 is 5.32 Å².